The quantitative estimate of drug-likeness (QED) is 0.440. The van der Waals surface area contributed by atoms with Crippen LogP contribution in [0.15, 0.2) is 42.5 Å². The lowest BCUT2D eigenvalue weighted by molar-refractivity contribution is -0.137. The second-order valence-corrected chi connectivity index (χ2v) is 7.98. The van der Waals surface area contributed by atoms with Gasteiger partial charge in [0.15, 0.2) is 0 Å². The average Bonchev–Trinajstić information content (AvgIpc) is 3.24. The summed E-state index contributed by atoms with van der Waals surface area (Å²) in [5.74, 6) is 0.601. The Bertz CT molecular complexity index is 1080. The molecular weight excluding hydrogens is 448 g/mol. The smallest absolute Gasteiger partial charge is 0.403 e. The van der Waals surface area contributed by atoms with Gasteiger partial charge in [-0.3, -0.25) is 0 Å². The molecule has 10 heteroatoms. The second-order valence-electron chi connectivity index (χ2n) is 6.18. The van der Waals surface area contributed by atoms with Crippen LogP contribution in [0.25, 0.3) is 5.69 Å². The summed E-state index contributed by atoms with van der Waals surface area (Å²) in [6.45, 7) is 0. The Morgan fingerprint density at radius 2 is 1.76 bits per heavy atom. The van der Waals surface area contributed by atoms with Crippen LogP contribution < -0.4 is 4.74 Å². The number of benzene rings is 2. The predicted octanol–water partition coefficient (Wildman–Crippen LogP) is 6.16. The van der Waals surface area contributed by atoms with Crippen molar-refractivity contribution < 1.29 is 22.7 Å². The van der Waals surface area contributed by atoms with Gasteiger partial charge in [0.2, 0.25) is 5.88 Å². The molecule has 4 rings (SSSR count). The van der Waals surface area contributed by atoms with Crippen molar-refractivity contribution in [3.8, 4) is 11.6 Å². The number of fused-ring (bicyclic) bond motifs is 1. The maximum atomic E-state index is 13.0. The molecule has 0 radical (unpaired) electrons. The normalized spacial score (nSPS) is 13.4. The van der Waals surface area contributed by atoms with E-state index in [4.69, 9.17) is 27.9 Å². The number of nitrogens with zero attached hydrogens (tertiary/aromatic N) is 2. The molecular formula is C19H11Cl2F3N2O2S. The van der Waals surface area contributed by atoms with Crippen LogP contribution in [0, 0.1) is 0 Å². The zero-order chi connectivity index (χ0) is 20.8. The third-order valence-corrected chi connectivity index (χ3v) is 5.81. The summed E-state index contributed by atoms with van der Waals surface area (Å²) in [6, 6.07) is 9.87. The number of rotatable bonds is 3. The molecule has 3 aromatic rings. The average molecular weight is 459 g/mol. The summed E-state index contributed by atoms with van der Waals surface area (Å²) in [5, 5.41) is 3.88. The number of carbonyl (C=O) groups excluding carboxylic acids is 1. The van der Waals surface area contributed by atoms with Crippen LogP contribution in [-0.2, 0) is 17.7 Å². The first-order valence-electron chi connectivity index (χ1n) is 8.28. The van der Waals surface area contributed by atoms with Crippen LogP contribution in [-0.4, -0.2) is 15.7 Å². The summed E-state index contributed by atoms with van der Waals surface area (Å²) in [5.41, 5.74) is 0.722. The van der Waals surface area contributed by atoms with Gasteiger partial charge in [0, 0.05) is 17.1 Å². The van der Waals surface area contributed by atoms with E-state index in [0.29, 0.717) is 28.3 Å². The topological polar surface area (TPSA) is 44.1 Å². The number of alkyl halides is 3. The van der Waals surface area contributed by atoms with Gasteiger partial charge in [-0.2, -0.15) is 34.7 Å². The summed E-state index contributed by atoms with van der Waals surface area (Å²) in [4.78, 5) is 12.6. The molecule has 4 nitrogen and oxygen atoms in total. The van der Waals surface area contributed by atoms with Crippen LogP contribution in [0.3, 0.4) is 0 Å². The number of aromatic nitrogens is 2. The number of ether oxygens (including phenoxy) is 1. The molecule has 0 atom stereocenters. The highest BCUT2D eigenvalue weighted by Crippen LogP contribution is 2.42. The molecule has 0 N–H and O–H groups in total. The Hall–Kier alpha value is -2.16. The molecule has 0 saturated carbocycles. The Morgan fingerprint density at radius 3 is 2.38 bits per heavy atom. The van der Waals surface area contributed by atoms with Crippen LogP contribution in [0.1, 0.15) is 27.2 Å². The number of carbonyl (C=O) groups is 1. The van der Waals surface area contributed by atoms with Crippen molar-refractivity contribution in [2.75, 3.05) is 0 Å². The molecule has 0 saturated heterocycles. The molecule has 0 unspecified atom stereocenters. The molecule has 0 fully saturated rings. The third-order valence-electron chi connectivity index (χ3n) is 4.26. The summed E-state index contributed by atoms with van der Waals surface area (Å²) < 4.78 is 45.9. The van der Waals surface area contributed by atoms with E-state index in [-0.39, 0.29) is 21.6 Å². The van der Waals surface area contributed by atoms with Gasteiger partial charge in [-0.1, -0.05) is 41.4 Å². The minimum Gasteiger partial charge on any atom is -0.403 e. The van der Waals surface area contributed by atoms with Crippen LogP contribution in [0.4, 0.5) is 13.2 Å². The van der Waals surface area contributed by atoms with Crippen molar-refractivity contribution >= 4 is 40.9 Å². The number of halogens is 5. The monoisotopic (exact) mass is 458 g/mol. The number of esters is 1. The second kappa shape index (κ2) is 7.59. The zero-order valence-corrected chi connectivity index (χ0v) is 16.8. The molecule has 29 heavy (non-hydrogen) atoms. The minimum absolute atomic E-state index is 0.0246. The molecule has 1 aliphatic heterocycles. The maximum absolute atomic E-state index is 13.0. The van der Waals surface area contributed by atoms with Gasteiger partial charge in [0.05, 0.1) is 26.9 Å². The van der Waals surface area contributed by atoms with E-state index < -0.39 is 17.7 Å². The first kappa shape index (κ1) is 20.1. The first-order valence-corrected chi connectivity index (χ1v) is 10.2. The molecule has 0 amide bonds. The lowest BCUT2D eigenvalue weighted by Gasteiger charge is -2.15. The number of hydrogen-bond acceptors (Lipinski definition) is 4. The van der Waals surface area contributed by atoms with Crippen molar-refractivity contribution in [1.29, 1.82) is 0 Å². The number of hydrogen-bond donors (Lipinski definition) is 0. The van der Waals surface area contributed by atoms with E-state index in [1.807, 2.05) is 0 Å². The highest BCUT2D eigenvalue weighted by atomic mass is 35.5. The van der Waals surface area contributed by atoms with Crippen LogP contribution in [0.5, 0.6) is 5.88 Å². The summed E-state index contributed by atoms with van der Waals surface area (Å²) >= 11 is 13.8. The highest BCUT2D eigenvalue weighted by molar-refractivity contribution is 7.98. The fourth-order valence-corrected chi connectivity index (χ4v) is 4.57. The Kier molecular flexibility index (Phi) is 5.27. The van der Waals surface area contributed by atoms with Crippen LogP contribution in [0.2, 0.25) is 10.0 Å². The molecule has 1 aliphatic rings. The van der Waals surface area contributed by atoms with Gasteiger partial charge in [-0.05, 0) is 24.3 Å². The van der Waals surface area contributed by atoms with Gasteiger partial charge < -0.3 is 4.74 Å². The lowest BCUT2D eigenvalue weighted by atomic mass is 10.2. The Balaban J connectivity index is 1.81. The standard InChI is InChI=1S/C19H11Cl2F3N2O2S/c20-13-6-11(19(22,23)24)7-14(21)16(13)26-17(12-8-29-9-15(12)25-26)28-18(27)10-4-2-1-3-5-10/h1-7H,8-9H2. The van der Waals surface area contributed by atoms with Crippen molar-refractivity contribution in [2.45, 2.75) is 17.7 Å². The van der Waals surface area contributed by atoms with Gasteiger partial charge in [0.1, 0.15) is 5.69 Å². The fourth-order valence-electron chi connectivity index (χ4n) is 2.90. The maximum Gasteiger partial charge on any atom is 0.416 e. The van der Waals surface area contributed by atoms with E-state index in [0.717, 1.165) is 12.1 Å². The van der Waals surface area contributed by atoms with Gasteiger partial charge in [-0.25, -0.2) is 4.79 Å². The van der Waals surface area contributed by atoms with Gasteiger partial charge >= 0.3 is 12.1 Å². The van der Waals surface area contributed by atoms with Crippen molar-refractivity contribution in [2.24, 2.45) is 0 Å². The first-order chi connectivity index (χ1) is 13.8. The highest BCUT2D eigenvalue weighted by Gasteiger charge is 2.34. The lowest BCUT2D eigenvalue weighted by Crippen LogP contribution is -2.13. The zero-order valence-electron chi connectivity index (χ0n) is 14.5. The van der Waals surface area contributed by atoms with Crippen LogP contribution >= 0.6 is 35.0 Å². The molecule has 2 heterocycles. The van der Waals surface area contributed by atoms with Crippen molar-refractivity contribution in [3.05, 3.63) is 74.9 Å². The summed E-state index contributed by atoms with van der Waals surface area (Å²) in [6.07, 6.45) is -4.60. The van der Waals surface area contributed by atoms with Gasteiger partial charge in [0.25, 0.3) is 0 Å². The van der Waals surface area contributed by atoms with Crippen molar-refractivity contribution in [3.63, 3.8) is 0 Å². The molecule has 1 aromatic heterocycles. The third kappa shape index (κ3) is 3.84. The van der Waals surface area contributed by atoms with Crippen molar-refractivity contribution in [1.82, 2.24) is 9.78 Å². The van der Waals surface area contributed by atoms with E-state index in [2.05, 4.69) is 5.10 Å². The Labute approximate surface area is 177 Å². The largest absolute Gasteiger partial charge is 0.416 e. The fraction of sp³-hybridized carbons (Fsp3) is 0.158. The molecule has 0 aliphatic carbocycles. The molecule has 0 bridgehead atoms. The number of thioether (sulfide) groups is 1. The predicted molar refractivity (Wildman–Crippen MR) is 105 cm³/mol. The molecule has 0 spiro atoms. The Morgan fingerprint density at radius 1 is 1.10 bits per heavy atom. The van der Waals surface area contributed by atoms with E-state index >= 15 is 0 Å². The van der Waals surface area contributed by atoms with E-state index in [9.17, 15) is 18.0 Å². The van der Waals surface area contributed by atoms with E-state index in [1.54, 1.807) is 42.1 Å². The molecule has 150 valence electrons. The van der Waals surface area contributed by atoms with E-state index in [1.165, 1.54) is 4.68 Å². The van der Waals surface area contributed by atoms with Gasteiger partial charge in [-0.15, -0.1) is 0 Å². The minimum atomic E-state index is -4.60. The molecule has 2 aromatic carbocycles. The SMILES string of the molecule is O=C(Oc1c2c(nn1-c1c(Cl)cc(C(F)(F)F)cc1Cl)CSC2)c1ccccc1. The summed E-state index contributed by atoms with van der Waals surface area (Å²) in [7, 11) is 0.